The first-order chi connectivity index (χ1) is 13.2. The second-order valence-electron chi connectivity index (χ2n) is 5.59. The number of alkyl halides is 3. The second-order valence-corrected chi connectivity index (χ2v) is 5.91. The van der Waals surface area contributed by atoms with E-state index in [0.717, 1.165) is 12.1 Å². The third-order valence-corrected chi connectivity index (χ3v) is 4.04. The number of anilines is 1. The van der Waals surface area contributed by atoms with Gasteiger partial charge in [0.1, 0.15) is 5.82 Å². The summed E-state index contributed by atoms with van der Waals surface area (Å²) in [6.45, 7) is 0.270. The highest BCUT2D eigenvalue weighted by molar-refractivity contribution is 7.79. The molecule has 0 bridgehead atoms. The molecule has 1 aromatic heterocycles. The van der Waals surface area contributed by atoms with Crippen molar-refractivity contribution in [2.45, 2.75) is 11.9 Å². The molecule has 2 aromatic rings. The predicted molar refractivity (Wildman–Crippen MR) is 96.3 cm³/mol. The molecular weight excluding hydrogens is 399 g/mol. The van der Waals surface area contributed by atoms with Crippen molar-refractivity contribution in [3.05, 3.63) is 57.1 Å². The third-order valence-electron chi connectivity index (χ3n) is 3.74. The van der Waals surface area contributed by atoms with E-state index in [1.165, 1.54) is 6.07 Å². The number of hydrogen-bond donors (Lipinski definition) is 4. The summed E-state index contributed by atoms with van der Waals surface area (Å²) >= 11 is 3.87. The van der Waals surface area contributed by atoms with Crippen LogP contribution in [-0.4, -0.2) is 27.5 Å². The van der Waals surface area contributed by atoms with E-state index >= 15 is 0 Å². The highest BCUT2D eigenvalue weighted by Gasteiger charge is 2.35. The van der Waals surface area contributed by atoms with Crippen molar-refractivity contribution in [3.8, 4) is 5.88 Å². The number of halogens is 3. The number of nitrogens with zero attached hydrogens (tertiary/aromatic N) is 3. The van der Waals surface area contributed by atoms with Crippen LogP contribution in [0.5, 0.6) is 5.88 Å². The molecule has 0 saturated heterocycles. The maximum Gasteiger partial charge on any atom is 0.418 e. The van der Waals surface area contributed by atoms with Gasteiger partial charge >= 0.3 is 6.18 Å². The Labute approximate surface area is 160 Å². The number of H-pyrrole nitrogens is 1. The molecule has 1 aliphatic rings. The molecule has 0 unspecified atom stereocenters. The molecule has 12 heteroatoms. The van der Waals surface area contributed by atoms with E-state index in [-0.39, 0.29) is 29.4 Å². The van der Waals surface area contributed by atoms with E-state index < -0.39 is 40.3 Å². The molecule has 146 valence electrons. The maximum atomic E-state index is 13.5. The number of rotatable bonds is 4. The third kappa shape index (κ3) is 3.91. The lowest BCUT2D eigenvalue weighted by molar-refractivity contribution is -0.136. The number of thiol groups is 1. The molecule has 1 aromatic carbocycles. The van der Waals surface area contributed by atoms with Crippen LogP contribution in [0.4, 0.5) is 18.9 Å². The van der Waals surface area contributed by atoms with Gasteiger partial charge in [-0.15, -0.1) is 0 Å². The molecule has 1 amide bonds. The van der Waals surface area contributed by atoms with Crippen LogP contribution < -0.4 is 10.9 Å². The highest BCUT2D eigenvalue weighted by Crippen LogP contribution is 2.37. The van der Waals surface area contributed by atoms with E-state index in [2.05, 4.69) is 32.8 Å². The van der Waals surface area contributed by atoms with Crippen molar-refractivity contribution in [3.63, 3.8) is 0 Å². The first-order valence-corrected chi connectivity index (χ1v) is 8.37. The first-order valence-electron chi connectivity index (χ1n) is 7.74. The Morgan fingerprint density at radius 1 is 1.36 bits per heavy atom. The summed E-state index contributed by atoms with van der Waals surface area (Å²) < 4.78 is 40.4. The van der Waals surface area contributed by atoms with Crippen molar-refractivity contribution >= 4 is 29.9 Å². The Bertz CT molecular complexity index is 1060. The molecule has 3 N–H and O–H groups in total. The largest absolute Gasteiger partial charge is 0.493 e. The Balaban J connectivity index is 1.99. The van der Waals surface area contributed by atoms with Crippen LogP contribution in [0.3, 0.4) is 0 Å². The van der Waals surface area contributed by atoms with Gasteiger partial charge in [-0.05, 0) is 18.2 Å². The van der Waals surface area contributed by atoms with Gasteiger partial charge in [-0.1, -0.05) is 6.07 Å². The van der Waals surface area contributed by atoms with Crippen LogP contribution in [0, 0.1) is 0 Å². The molecule has 0 atom stereocenters. The zero-order chi connectivity index (χ0) is 20.5. The summed E-state index contributed by atoms with van der Waals surface area (Å²) in [4.78, 5) is 30.0. The van der Waals surface area contributed by atoms with E-state index in [0.29, 0.717) is 0 Å². The molecule has 8 nitrogen and oxygen atoms in total. The summed E-state index contributed by atoms with van der Waals surface area (Å²) in [6, 6.07) is 3.18. The molecule has 3 rings (SSSR count). The molecule has 28 heavy (non-hydrogen) atoms. The zero-order valence-corrected chi connectivity index (χ0v) is 14.8. The van der Waals surface area contributed by atoms with Gasteiger partial charge in [-0.2, -0.15) is 41.0 Å². The molecule has 0 radical (unpaired) electrons. The number of hydrogen-bond acceptors (Lipinski definition) is 7. The van der Waals surface area contributed by atoms with Crippen LogP contribution >= 0.6 is 12.6 Å². The number of amides is 1. The summed E-state index contributed by atoms with van der Waals surface area (Å²) in [5.41, 5.74) is -3.09. The van der Waals surface area contributed by atoms with Gasteiger partial charge in [0.15, 0.2) is 5.56 Å². The summed E-state index contributed by atoms with van der Waals surface area (Å²) in [7, 11) is 0. The van der Waals surface area contributed by atoms with Crippen LogP contribution in [-0.2, 0) is 11.9 Å². The molecule has 0 fully saturated rings. The highest BCUT2D eigenvalue weighted by atomic mass is 32.1. The fourth-order valence-electron chi connectivity index (χ4n) is 2.48. The summed E-state index contributed by atoms with van der Waals surface area (Å²) in [5, 5.41) is 19.2. The monoisotopic (exact) mass is 411 g/mol. The SMILES string of the molecule is O=C(Nc1ccc(C2=CCN=N2)cc1C(F)(F)F)c1c(O)nc(CS)[nH]c1=O. The van der Waals surface area contributed by atoms with Gasteiger partial charge in [-0.25, -0.2) is 0 Å². The van der Waals surface area contributed by atoms with E-state index in [1.54, 1.807) is 6.08 Å². The fourth-order valence-corrected chi connectivity index (χ4v) is 2.63. The zero-order valence-electron chi connectivity index (χ0n) is 13.9. The Morgan fingerprint density at radius 2 is 2.11 bits per heavy atom. The van der Waals surface area contributed by atoms with Crippen molar-refractivity contribution in [1.29, 1.82) is 0 Å². The van der Waals surface area contributed by atoms with Crippen LogP contribution in [0.15, 0.2) is 39.3 Å². The average Bonchev–Trinajstić information content (AvgIpc) is 3.15. The van der Waals surface area contributed by atoms with Crippen LogP contribution in [0.2, 0.25) is 0 Å². The molecule has 0 spiro atoms. The van der Waals surface area contributed by atoms with Crippen LogP contribution in [0.25, 0.3) is 5.70 Å². The smallest absolute Gasteiger partial charge is 0.418 e. The summed E-state index contributed by atoms with van der Waals surface area (Å²) in [6.07, 6.45) is -3.24. The first kappa shape index (κ1) is 19.6. The van der Waals surface area contributed by atoms with Gasteiger partial charge in [-0.3, -0.25) is 9.59 Å². The van der Waals surface area contributed by atoms with Gasteiger partial charge in [0, 0.05) is 11.3 Å². The van der Waals surface area contributed by atoms with Crippen LogP contribution in [0.1, 0.15) is 27.3 Å². The lowest BCUT2D eigenvalue weighted by Gasteiger charge is -2.15. The average molecular weight is 411 g/mol. The minimum Gasteiger partial charge on any atom is -0.493 e. The molecule has 2 heterocycles. The number of azo groups is 1. The van der Waals surface area contributed by atoms with E-state index in [9.17, 15) is 27.9 Å². The quantitative estimate of drug-likeness (QED) is 0.578. The lowest BCUT2D eigenvalue weighted by Crippen LogP contribution is -2.26. The number of benzene rings is 1. The minimum atomic E-state index is -4.79. The number of aromatic hydroxyl groups is 1. The molecule has 0 aliphatic carbocycles. The molecule has 1 aliphatic heterocycles. The number of carbonyl (C=O) groups is 1. The van der Waals surface area contributed by atoms with Crippen molar-refractivity contribution < 1.29 is 23.1 Å². The second kappa shape index (κ2) is 7.46. The van der Waals surface area contributed by atoms with Gasteiger partial charge in [0.05, 0.1) is 23.5 Å². The maximum absolute atomic E-state index is 13.5. The van der Waals surface area contributed by atoms with E-state index in [1.807, 2.05) is 5.32 Å². The number of aromatic nitrogens is 2. The van der Waals surface area contributed by atoms with Crippen molar-refractivity contribution in [1.82, 2.24) is 9.97 Å². The minimum absolute atomic E-state index is 0.00159. The van der Waals surface area contributed by atoms with Gasteiger partial charge < -0.3 is 15.4 Å². The number of nitrogens with one attached hydrogen (secondary N) is 2. The molecular formula is C16H12F3N5O3S. The topological polar surface area (TPSA) is 120 Å². The van der Waals surface area contributed by atoms with E-state index in [4.69, 9.17) is 0 Å². The molecule has 0 saturated carbocycles. The normalized spacial score (nSPS) is 13.5. The van der Waals surface area contributed by atoms with Gasteiger partial charge in [0.25, 0.3) is 11.5 Å². The van der Waals surface area contributed by atoms with Gasteiger partial charge in [0.2, 0.25) is 5.88 Å². The number of aromatic amines is 1. The fraction of sp³-hybridized carbons (Fsp3) is 0.188. The Morgan fingerprint density at radius 3 is 2.68 bits per heavy atom. The van der Waals surface area contributed by atoms with Crippen molar-refractivity contribution in [2.75, 3.05) is 11.9 Å². The van der Waals surface area contributed by atoms with Crippen molar-refractivity contribution in [2.24, 2.45) is 10.2 Å². The Kier molecular flexibility index (Phi) is 5.23. The summed E-state index contributed by atoms with van der Waals surface area (Å²) in [5.74, 6) is -2.17. The predicted octanol–water partition coefficient (Wildman–Crippen LogP) is 2.98. The number of carbonyl (C=O) groups excluding carboxylic acids is 1. The standard InChI is InChI=1S/C16H12F3N5O3S/c17-16(18,19)8-5-7(9-3-4-20-24-9)1-2-10(8)21-13(25)12-14(26)22-11(6-28)23-15(12)27/h1-3,5,28H,4,6H2,(H,21,25)(H2,22,23,26,27). The lowest BCUT2D eigenvalue weighted by atomic mass is 10.1. The Hall–Kier alpha value is -3.15.